The van der Waals surface area contributed by atoms with Crippen LogP contribution in [0, 0.1) is 0 Å². The van der Waals surface area contributed by atoms with Gasteiger partial charge in [-0.05, 0) is 82.5 Å². The molecule has 0 saturated carbocycles. The highest BCUT2D eigenvalue weighted by atomic mass is 16.6. The Kier molecular flexibility index (Phi) is 9.24. The molecule has 11 nitrogen and oxygen atoms in total. The highest BCUT2D eigenvalue weighted by Gasteiger charge is 2.35. The molecule has 0 atom stereocenters. The monoisotopic (exact) mass is 603 g/mol. The van der Waals surface area contributed by atoms with Gasteiger partial charge in [0, 0.05) is 50.5 Å². The Morgan fingerprint density at radius 3 is 2.34 bits per heavy atom. The molecule has 0 unspecified atom stereocenters. The lowest BCUT2D eigenvalue weighted by atomic mass is 10.0. The minimum Gasteiger partial charge on any atom is -0.497 e. The number of fused-ring (bicyclic) bond motifs is 1. The summed E-state index contributed by atoms with van der Waals surface area (Å²) in [4.78, 5) is 45.1. The minimum atomic E-state index is -0.536. The second kappa shape index (κ2) is 13.1. The van der Waals surface area contributed by atoms with E-state index in [0.717, 1.165) is 37.3 Å². The molecule has 5 rings (SSSR count). The summed E-state index contributed by atoms with van der Waals surface area (Å²) in [5, 5.41) is 4.56. The maximum atomic E-state index is 14.1. The molecular weight excluding hydrogens is 562 g/mol. The molecule has 3 heterocycles. The van der Waals surface area contributed by atoms with E-state index < -0.39 is 11.6 Å². The van der Waals surface area contributed by atoms with Gasteiger partial charge in [0.25, 0.3) is 5.91 Å². The lowest BCUT2D eigenvalue weighted by Gasteiger charge is -2.35. The highest BCUT2D eigenvalue weighted by molar-refractivity contribution is 6.09. The molecule has 234 valence electrons. The quantitative estimate of drug-likeness (QED) is 0.350. The SMILES string of the molecule is CCOC(=O)c1nn(-c2ccc(OC)cc2)c2c1CCN(c1cccc(CCN3CCN(C(=O)OC(C)(C)C)CC3)c1)C2=O. The standard InChI is InChI=1S/C33H41N5O6/c1-6-43-31(40)28-27-15-17-37(30(39)29(27)38(34-28)24-10-12-26(42-5)13-11-24)25-9-7-8-23(22-25)14-16-35-18-20-36(21-19-35)32(41)44-33(2,3)4/h7-13,22H,6,14-21H2,1-5H3. The number of hydrogen-bond donors (Lipinski definition) is 0. The number of benzene rings is 2. The van der Waals surface area contributed by atoms with Gasteiger partial charge >= 0.3 is 12.1 Å². The molecule has 2 aromatic carbocycles. The lowest BCUT2D eigenvalue weighted by molar-refractivity contribution is 0.0146. The van der Waals surface area contributed by atoms with E-state index in [1.165, 1.54) is 4.68 Å². The van der Waals surface area contributed by atoms with E-state index >= 15 is 0 Å². The summed E-state index contributed by atoms with van der Waals surface area (Å²) in [6, 6.07) is 15.2. The Balaban J connectivity index is 1.30. The van der Waals surface area contributed by atoms with E-state index in [0.29, 0.717) is 48.7 Å². The van der Waals surface area contributed by atoms with Crippen molar-refractivity contribution in [3.8, 4) is 11.4 Å². The summed E-state index contributed by atoms with van der Waals surface area (Å²) in [7, 11) is 1.59. The van der Waals surface area contributed by atoms with Crippen LogP contribution in [-0.2, 0) is 22.3 Å². The normalized spacial score (nSPS) is 15.6. The molecule has 44 heavy (non-hydrogen) atoms. The summed E-state index contributed by atoms with van der Waals surface area (Å²) < 4.78 is 17.6. The maximum Gasteiger partial charge on any atom is 0.410 e. The van der Waals surface area contributed by atoms with E-state index in [1.54, 1.807) is 48.1 Å². The molecule has 0 spiro atoms. The number of nitrogens with zero attached hydrogens (tertiary/aromatic N) is 5. The van der Waals surface area contributed by atoms with Crippen molar-refractivity contribution in [1.29, 1.82) is 0 Å². The molecule has 2 aliphatic heterocycles. The van der Waals surface area contributed by atoms with E-state index in [-0.39, 0.29) is 24.3 Å². The first kappa shape index (κ1) is 31.1. The Morgan fingerprint density at radius 1 is 0.955 bits per heavy atom. The molecule has 1 aromatic heterocycles. The van der Waals surface area contributed by atoms with Crippen LogP contribution in [0.3, 0.4) is 0 Å². The zero-order chi connectivity index (χ0) is 31.4. The third-order valence-electron chi connectivity index (χ3n) is 7.77. The number of esters is 1. The van der Waals surface area contributed by atoms with Gasteiger partial charge in [0.05, 0.1) is 19.4 Å². The number of aromatic nitrogens is 2. The first-order chi connectivity index (χ1) is 21.1. The predicted octanol–water partition coefficient (Wildman–Crippen LogP) is 4.36. The van der Waals surface area contributed by atoms with Crippen molar-refractivity contribution < 1.29 is 28.6 Å². The van der Waals surface area contributed by atoms with Crippen LogP contribution in [0.25, 0.3) is 5.69 Å². The average molecular weight is 604 g/mol. The van der Waals surface area contributed by atoms with Crippen LogP contribution >= 0.6 is 0 Å². The fraction of sp³-hybridized carbons (Fsp3) is 0.455. The summed E-state index contributed by atoms with van der Waals surface area (Å²) >= 11 is 0. The van der Waals surface area contributed by atoms with E-state index in [1.807, 2.05) is 32.9 Å². The van der Waals surface area contributed by atoms with Gasteiger partial charge < -0.3 is 24.0 Å². The molecular formula is C33H41N5O6. The fourth-order valence-corrected chi connectivity index (χ4v) is 5.53. The Labute approximate surface area is 258 Å². The van der Waals surface area contributed by atoms with Gasteiger partial charge in [-0.3, -0.25) is 9.69 Å². The van der Waals surface area contributed by atoms with Crippen molar-refractivity contribution >= 4 is 23.7 Å². The van der Waals surface area contributed by atoms with Crippen LogP contribution < -0.4 is 9.64 Å². The van der Waals surface area contributed by atoms with Crippen molar-refractivity contribution in [1.82, 2.24) is 19.6 Å². The van der Waals surface area contributed by atoms with Gasteiger partial charge in [-0.25, -0.2) is 14.3 Å². The van der Waals surface area contributed by atoms with Crippen molar-refractivity contribution in [3.63, 3.8) is 0 Å². The Bertz CT molecular complexity index is 1500. The number of amides is 2. The summed E-state index contributed by atoms with van der Waals surface area (Å²) in [6.07, 6.45) is 1.02. The molecule has 2 aliphatic rings. The van der Waals surface area contributed by atoms with Crippen molar-refractivity contribution in [3.05, 3.63) is 71.0 Å². The van der Waals surface area contributed by atoms with Gasteiger partial charge in [0.2, 0.25) is 0 Å². The second-order valence-corrected chi connectivity index (χ2v) is 11.9. The zero-order valence-corrected chi connectivity index (χ0v) is 26.2. The van der Waals surface area contributed by atoms with Crippen LogP contribution in [-0.4, -0.2) is 96.1 Å². The van der Waals surface area contributed by atoms with Crippen LogP contribution in [0.1, 0.15) is 59.8 Å². The van der Waals surface area contributed by atoms with Gasteiger partial charge in [0.15, 0.2) is 5.69 Å². The summed E-state index contributed by atoms with van der Waals surface area (Å²) in [5.41, 5.74) is 3.19. The number of anilines is 1. The van der Waals surface area contributed by atoms with Gasteiger partial charge in [-0.2, -0.15) is 5.10 Å². The van der Waals surface area contributed by atoms with Crippen LogP contribution in [0.2, 0.25) is 0 Å². The molecule has 3 aromatic rings. The second-order valence-electron chi connectivity index (χ2n) is 11.9. The van der Waals surface area contributed by atoms with Gasteiger partial charge in [0.1, 0.15) is 17.0 Å². The van der Waals surface area contributed by atoms with Crippen LogP contribution in [0.5, 0.6) is 5.75 Å². The molecule has 0 N–H and O–H groups in total. The first-order valence-corrected chi connectivity index (χ1v) is 15.1. The Morgan fingerprint density at radius 2 is 1.68 bits per heavy atom. The Hall–Kier alpha value is -4.38. The summed E-state index contributed by atoms with van der Waals surface area (Å²) in [5.74, 6) is -0.0817. The largest absolute Gasteiger partial charge is 0.497 e. The van der Waals surface area contributed by atoms with Crippen molar-refractivity contribution in [2.45, 2.75) is 46.1 Å². The van der Waals surface area contributed by atoms with Crippen LogP contribution in [0.15, 0.2) is 48.5 Å². The number of piperazine rings is 1. The van der Waals surface area contributed by atoms with Crippen LogP contribution in [0.4, 0.5) is 10.5 Å². The molecule has 0 radical (unpaired) electrons. The number of rotatable bonds is 8. The highest BCUT2D eigenvalue weighted by Crippen LogP contribution is 2.30. The fourth-order valence-electron chi connectivity index (χ4n) is 5.53. The number of methoxy groups -OCH3 is 1. The van der Waals surface area contributed by atoms with Crippen molar-refractivity contribution in [2.75, 3.05) is 57.9 Å². The summed E-state index contributed by atoms with van der Waals surface area (Å²) in [6.45, 7) is 11.7. The van der Waals surface area contributed by atoms with Gasteiger partial charge in [-0.1, -0.05) is 12.1 Å². The number of hydrogen-bond acceptors (Lipinski definition) is 8. The van der Waals surface area contributed by atoms with E-state index in [2.05, 4.69) is 22.1 Å². The average Bonchev–Trinajstić information content (AvgIpc) is 3.41. The number of carbonyl (C=O) groups excluding carboxylic acids is 3. The molecule has 1 fully saturated rings. The first-order valence-electron chi connectivity index (χ1n) is 15.1. The third-order valence-corrected chi connectivity index (χ3v) is 7.77. The minimum absolute atomic E-state index is 0.172. The predicted molar refractivity (Wildman–Crippen MR) is 166 cm³/mol. The molecule has 1 saturated heterocycles. The lowest BCUT2D eigenvalue weighted by Crippen LogP contribution is -2.50. The molecule has 2 amide bonds. The van der Waals surface area contributed by atoms with E-state index in [9.17, 15) is 14.4 Å². The number of ether oxygens (including phenoxy) is 3. The van der Waals surface area contributed by atoms with E-state index in [4.69, 9.17) is 14.2 Å². The maximum absolute atomic E-state index is 14.1. The zero-order valence-electron chi connectivity index (χ0n) is 26.2. The van der Waals surface area contributed by atoms with Gasteiger partial charge in [-0.15, -0.1) is 0 Å². The third kappa shape index (κ3) is 6.88. The smallest absolute Gasteiger partial charge is 0.410 e. The van der Waals surface area contributed by atoms with Crippen molar-refractivity contribution in [2.24, 2.45) is 0 Å². The molecule has 0 bridgehead atoms. The topological polar surface area (TPSA) is 106 Å². The number of carbonyl (C=O) groups is 3. The molecule has 0 aliphatic carbocycles. The molecule has 11 heteroatoms.